The number of hydrogen-bond donors (Lipinski definition) is 1. The van der Waals surface area contributed by atoms with Crippen molar-refractivity contribution in [2.45, 2.75) is 6.61 Å². The second kappa shape index (κ2) is 6.05. The summed E-state index contributed by atoms with van der Waals surface area (Å²) >= 11 is 0. The van der Waals surface area contributed by atoms with Gasteiger partial charge in [-0.05, 0) is 18.2 Å². The van der Waals surface area contributed by atoms with Crippen LogP contribution in [-0.4, -0.2) is 39.9 Å². The summed E-state index contributed by atoms with van der Waals surface area (Å²) in [5.74, 6) is -0.458. The van der Waals surface area contributed by atoms with Gasteiger partial charge < -0.3 is 14.6 Å². The summed E-state index contributed by atoms with van der Waals surface area (Å²) in [5, 5.41) is 14.0. The Hall–Kier alpha value is -2.93. The summed E-state index contributed by atoms with van der Waals surface area (Å²) in [4.78, 5) is 15.9. The molecule has 1 N–H and O–H groups in total. The molecule has 0 aliphatic heterocycles. The van der Waals surface area contributed by atoms with Gasteiger partial charge in [0.25, 0.3) is 0 Å². The molecule has 0 unspecified atom stereocenters. The Labute approximate surface area is 132 Å². The highest BCUT2D eigenvalue weighted by molar-refractivity contribution is 6.01. The molecule has 0 amide bonds. The zero-order valence-corrected chi connectivity index (χ0v) is 12.7. The second-order valence-electron chi connectivity index (χ2n) is 4.87. The number of fused-ring (bicyclic) bond motifs is 1. The van der Waals surface area contributed by atoms with Crippen molar-refractivity contribution in [3.8, 4) is 17.0 Å². The van der Waals surface area contributed by atoms with Crippen molar-refractivity contribution in [2.75, 3.05) is 14.2 Å². The van der Waals surface area contributed by atoms with Crippen molar-refractivity contribution in [1.29, 1.82) is 0 Å². The topological polar surface area (TPSA) is 86.0 Å². The van der Waals surface area contributed by atoms with Gasteiger partial charge in [0.2, 0.25) is 0 Å². The van der Waals surface area contributed by atoms with Crippen molar-refractivity contribution in [2.24, 2.45) is 0 Å². The van der Waals surface area contributed by atoms with E-state index in [1.807, 2.05) is 0 Å². The van der Waals surface area contributed by atoms with Gasteiger partial charge in [0.05, 0.1) is 19.4 Å². The summed E-state index contributed by atoms with van der Waals surface area (Å²) in [6.07, 6.45) is 1.55. The molecule has 3 rings (SSSR count). The minimum atomic E-state index is -1.08. The molecule has 0 aliphatic carbocycles. The van der Waals surface area contributed by atoms with Gasteiger partial charge in [-0.25, -0.2) is 14.3 Å². The van der Waals surface area contributed by atoms with Gasteiger partial charge in [-0.1, -0.05) is 12.1 Å². The molecule has 0 fully saturated rings. The lowest BCUT2D eigenvalue weighted by Crippen LogP contribution is -2.03. The van der Waals surface area contributed by atoms with Crippen LogP contribution >= 0.6 is 0 Å². The van der Waals surface area contributed by atoms with Gasteiger partial charge in [-0.3, -0.25) is 0 Å². The molecule has 0 aliphatic rings. The predicted molar refractivity (Wildman–Crippen MR) is 82.6 cm³/mol. The standard InChI is InChI=1S/C16H15N3O4/c1-22-9-11-6-7-17-15-13(16(20)21)14(18-19(11)15)10-4-3-5-12(8-10)23-2/h3-8H,9H2,1-2H3,(H,20,21). The summed E-state index contributed by atoms with van der Waals surface area (Å²) < 4.78 is 11.8. The summed E-state index contributed by atoms with van der Waals surface area (Å²) in [6.45, 7) is 0.303. The van der Waals surface area contributed by atoms with Crippen molar-refractivity contribution >= 4 is 11.6 Å². The molecular formula is C16H15N3O4. The van der Waals surface area contributed by atoms with Crippen LogP contribution in [0, 0.1) is 0 Å². The first kappa shape index (κ1) is 15.0. The average molecular weight is 313 g/mol. The molecule has 0 bridgehead atoms. The monoisotopic (exact) mass is 313 g/mol. The Bertz CT molecular complexity index is 873. The van der Waals surface area contributed by atoms with Gasteiger partial charge in [0.1, 0.15) is 17.0 Å². The highest BCUT2D eigenvalue weighted by Gasteiger charge is 2.23. The average Bonchev–Trinajstić information content (AvgIpc) is 2.96. The Morgan fingerprint density at radius 3 is 2.83 bits per heavy atom. The van der Waals surface area contributed by atoms with Crippen molar-refractivity contribution in [3.05, 3.63) is 47.8 Å². The summed E-state index contributed by atoms with van der Waals surface area (Å²) in [7, 11) is 3.12. The van der Waals surface area contributed by atoms with Gasteiger partial charge in [0.15, 0.2) is 5.65 Å². The van der Waals surface area contributed by atoms with Crippen molar-refractivity contribution in [3.63, 3.8) is 0 Å². The molecule has 2 aromatic heterocycles. The van der Waals surface area contributed by atoms with E-state index >= 15 is 0 Å². The lowest BCUT2D eigenvalue weighted by atomic mass is 10.1. The van der Waals surface area contributed by atoms with Crippen molar-refractivity contribution < 1.29 is 19.4 Å². The Kier molecular flexibility index (Phi) is 3.94. The molecule has 7 heteroatoms. The smallest absolute Gasteiger partial charge is 0.341 e. The lowest BCUT2D eigenvalue weighted by molar-refractivity contribution is 0.0699. The van der Waals surface area contributed by atoms with Crippen LogP contribution in [0.5, 0.6) is 5.75 Å². The minimum Gasteiger partial charge on any atom is -0.497 e. The van der Waals surface area contributed by atoms with E-state index in [-0.39, 0.29) is 11.2 Å². The molecule has 7 nitrogen and oxygen atoms in total. The van der Waals surface area contributed by atoms with E-state index < -0.39 is 5.97 Å². The van der Waals surface area contributed by atoms with Crippen molar-refractivity contribution in [1.82, 2.24) is 14.6 Å². The Morgan fingerprint density at radius 1 is 1.30 bits per heavy atom. The van der Waals surface area contributed by atoms with Crippen LogP contribution in [0.1, 0.15) is 16.1 Å². The van der Waals surface area contributed by atoms with Crippen LogP contribution < -0.4 is 4.74 Å². The number of carboxylic acids is 1. The second-order valence-corrected chi connectivity index (χ2v) is 4.87. The van der Waals surface area contributed by atoms with E-state index in [0.29, 0.717) is 29.3 Å². The van der Waals surface area contributed by atoms with E-state index in [2.05, 4.69) is 10.1 Å². The van der Waals surface area contributed by atoms with E-state index in [4.69, 9.17) is 9.47 Å². The van der Waals surface area contributed by atoms with Crippen LogP contribution in [0.4, 0.5) is 0 Å². The zero-order valence-electron chi connectivity index (χ0n) is 12.7. The van der Waals surface area contributed by atoms with Gasteiger partial charge >= 0.3 is 5.97 Å². The third kappa shape index (κ3) is 2.62. The minimum absolute atomic E-state index is 0.0520. The Balaban J connectivity index is 2.29. The molecule has 1 aromatic carbocycles. The van der Waals surface area contributed by atoms with Crippen LogP contribution in [0.3, 0.4) is 0 Å². The number of nitrogens with zero attached hydrogens (tertiary/aromatic N) is 3. The molecule has 0 saturated heterocycles. The third-order valence-corrected chi connectivity index (χ3v) is 3.45. The zero-order chi connectivity index (χ0) is 16.4. The number of benzene rings is 1. The van der Waals surface area contributed by atoms with E-state index in [1.165, 1.54) is 4.52 Å². The molecule has 0 atom stereocenters. The molecule has 2 heterocycles. The molecule has 118 valence electrons. The van der Waals surface area contributed by atoms with Gasteiger partial charge in [-0.15, -0.1) is 0 Å². The molecule has 0 radical (unpaired) electrons. The fourth-order valence-corrected chi connectivity index (χ4v) is 2.42. The quantitative estimate of drug-likeness (QED) is 0.777. The van der Waals surface area contributed by atoms with E-state index in [0.717, 1.165) is 0 Å². The van der Waals surface area contributed by atoms with Crippen LogP contribution in [0.25, 0.3) is 16.9 Å². The lowest BCUT2D eigenvalue weighted by Gasteiger charge is -2.02. The van der Waals surface area contributed by atoms with Gasteiger partial charge in [-0.2, -0.15) is 5.10 Å². The predicted octanol–water partition coefficient (Wildman–Crippen LogP) is 2.25. The number of rotatable bonds is 5. The first-order valence-corrected chi connectivity index (χ1v) is 6.89. The fraction of sp³-hybridized carbons (Fsp3) is 0.188. The fourth-order valence-electron chi connectivity index (χ4n) is 2.42. The number of methoxy groups -OCH3 is 2. The van der Waals surface area contributed by atoms with Crippen LogP contribution in [0.15, 0.2) is 36.5 Å². The number of aromatic carboxylic acids is 1. The molecule has 0 saturated carbocycles. The first-order chi connectivity index (χ1) is 11.2. The normalized spacial score (nSPS) is 10.9. The van der Waals surface area contributed by atoms with Gasteiger partial charge in [0, 0.05) is 18.9 Å². The number of carboxylic acid groups (broad SMARTS) is 1. The van der Waals surface area contributed by atoms with E-state index in [9.17, 15) is 9.90 Å². The number of ether oxygens (including phenoxy) is 2. The maximum absolute atomic E-state index is 11.7. The first-order valence-electron chi connectivity index (χ1n) is 6.89. The van der Waals surface area contributed by atoms with E-state index in [1.54, 1.807) is 50.7 Å². The largest absolute Gasteiger partial charge is 0.497 e. The maximum atomic E-state index is 11.7. The molecular weight excluding hydrogens is 298 g/mol. The molecule has 3 aromatic rings. The summed E-state index contributed by atoms with van der Waals surface area (Å²) in [6, 6.07) is 8.84. The Morgan fingerprint density at radius 2 is 2.13 bits per heavy atom. The third-order valence-electron chi connectivity index (χ3n) is 3.45. The number of carbonyl (C=O) groups is 1. The SMILES string of the molecule is COCc1ccnc2c(C(=O)O)c(-c3cccc(OC)c3)nn12. The highest BCUT2D eigenvalue weighted by Crippen LogP contribution is 2.28. The maximum Gasteiger partial charge on any atom is 0.341 e. The summed E-state index contributed by atoms with van der Waals surface area (Å²) in [5.41, 5.74) is 2.04. The number of hydrogen-bond acceptors (Lipinski definition) is 5. The number of aromatic nitrogens is 3. The van der Waals surface area contributed by atoms with Crippen LogP contribution in [-0.2, 0) is 11.3 Å². The van der Waals surface area contributed by atoms with Crippen LogP contribution in [0.2, 0.25) is 0 Å². The molecule has 0 spiro atoms. The molecule has 23 heavy (non-hydrogen) atoms. The highest BCUT2D eigenvalue weighted by atomic mass is 16.5.